The summed E-state index contributed by atoms with van der Waals surface area (Å²) in [6.45, 7) is 6.50. The maximum Gasteiger partial charge on any atom is 0.127 e. The summed E-state index contributed by atoms with van der Waals surface area (Å²) in [6, 6.07) is 5.57. The highest BCUT2D eigenvalue weighted by Gasteiger charge is 2.44. The molecule has 2 aliphatic rings. The van der Waals surface area contributed by atoms with Crippen LogP contribution in [0.15, 0.2) is 29.8 Å². The third kappa shape index (κ3) is 1.63. The van der Waals surface area contributed by atoms with Crippen molar-refractivity contribution in [2.45, 2.75) is 45.1 Å². The van der Waals surface area contributed by atoms with Crippen molar-refractivity contribution in [3.05, 3.63) is 35.4 Å². The van der Waals surface area contributed by atoms with Gasteiger partial charge in [0.2, 0.25) is 0 Å². The predicted octanol–water partition coefficient (Wildman–Crippen LogP) is 4.00. The summed E-state index contributed by atoms with van der Waals surface area (Å²) in [7, 11) is 0. The van der Waals surface area contributed by atoms with Gasteiger partial charge in [-0.2, -0.15) is 0 Å². The number of rotatable bonds is 0. The van der Waals surface area contributed by atoms with E-state index in [1.807, 2.05) is 12.1 Å². The molecule has 0 radical (unpaired) electrons. The Labute approximate surface area is 108 Å². The summed E-state index contributed by atoms with van der Waals surface area (Å²) in [5.74, 6) is 1.94. The number of benzene rings is 1. The van der Waals surface area contributed by atoms with Gasteiger partial charge in [-0.15, -0.1) is 0 Å². The first kappa shape index (κ1) is 11.6. The van der Waals surface area contributed by atoms with Crippen molar-refractivity contribution in [1.29, 1.82) is 0 Å². The van der Waals surface area contributed by atoms with Crippen molar-refractivity contribution in [1.82, 2.24) is 0 Å². The van der Waals surface area contributed by atoms with E-state index >= 15 is 0 Å². The number of fused-ring (bicyclic) bond motifs is 3. The van der Waals surface area contributed by atoms with Crippen LogP contribution in [0, 0.1) is 5.92 Å². The van der Waals surface area contributed by atoms with Crippen LogP contribution in [0.4, 0.5) is 0 Å². The molecular formula is C16H20O2. The molecule has 18 heavy (non-hydrogen) atoms. The van der Waals surface area contributed by atoms with Crippen LogP contribution in [0.1, 0.15) is 45.1 Å². The summed E-state index contributed by atoms with van der Waals surface area (Å²) < 4.78 is 6.12. The predicted molar refractivity (Wildman–Crippen MR) is 72.0 cm³/mol. The molecule has 1 aromatic rings. The monoisotopic (exact) mass is 244 g/mol. The second-order valence-corrected chi connectivity index (χ2v) is 6.08. The molecule has 0 amide bonds. The van der Waals surface area contributed by atoms with Crippen molar-refractivity contribution >= 4 is 0 Å². The molecule has 0 fully saturated rings. The van der Waals surface area contributed by atoms with E-state index < -0.39 is 0 Å². The minimum atomic E-state index is -0.164. The number of ether oxygens (including phenoxy) is 1. The lowest BCUT2D eigenvalue weighted by molar-refractivity contribution is 0.0108. The van der Waals surface area contributed by atoms with Gasteiger partial charge < -0.3 is 9.84 Å². The Morgan fingerprint density at radius 3 is 2.89 bits per heavy atom. The maximum absolute atomic E-state index is 10.1. The number of hydrogen-bond acceptors (Lipinski definition) is 2. The molecule has 96 valence electrons. The van der Waals surface area contributed by atoms with Gasteiger partial charge in [-0.1, -0.05) is 17.7 Å². The zero-order valence-corrected chi connectivity index (χ0v) is 11.2. The van der Waals surface area contributed by atoms with Crippen molar-refractivity contribution < 1.29 is 9.84 Å². The van der Waals surface area contributed by atoms with E-state index in [1.165, 1.54) is 5.57 Å². The number of phenolic OH excluding ortho intramolecular Hbond substituents is 1. The van der Waals surface area contributed by atoms with Crippen molar-refractivity contribution in [3.63, 3.8) is 0 Å². The zero-order valence-electron chi connectivity index (χ0n) is 11.2. The zero-order chi connectivity index (χ0) is 12.9. The SMILES string of the molecule is CC1=C[C@H]2c3c(O)cccc3OC(C)(C)C2CC1. The number of allylic oxidation sites excluding steroid dienone is 2. The Morgan fingerprint density at radius 1 is 1.33 bits per heavy atom. The van der Waals surface area contributed by atoms with E-state index in [2.05, 4.69) is 26.8 Å². The van der Waals surface area contributed by atoms with Crippen LogP contribution in [0.3, 0.4) is 0 Å². The first-order chi connectivity index (χ1) is 8.49. The number of phenols is 1. The van der Waals surface area contributed by atoms with E-state index in [1.54, 1.807) is 6.07 Å². The molecule has 1 aromatic carbocycles. The van der Waals surface area contributed by atoms with Gasteiger partial charge in [0.1, 0.15) is 17.1 Å². The highest BCUT2D eigenvalue weighted by molar-refractivity contribution is 5.51. The minimum absolute atomic E-state index is 0.164. The van der Waals surface area contributed by atoms with E-state index in [9.17, 15) is 5.11 Å². The smallest absolute Gasteiger partial charge is 0.127 e. The Bertz CT molecular complexity index is 514. The lowest BCUT2D eigenvalue weighted by Gasteiger charge is -2.46. The Hall–Kier alpha value is -1.44. The molecule has 2 nitrogen and oxygen atoms in total. The molecule has 1 unspecified atom stereocenters. The molecule has 1 aliphatic heterocycles. The average molecular weight is 244 g/mol. The summed E-state index contributed by atoms with van der Waals surface area (Å²) in [6.07, 6.45) is 4.58. The van der Waals surface area contributed by atoms with Gasteiger partial charge in [-0.3, -0.25) is 0 Å². The molecular weight excluding hydrogens is 224 g/mol. The second-order valence-electron chi connectivity index (χ2n) is 6.08. The Balaban J connectivity index is 2.19. The molecule has 0 spiro atoms. The van der Waals surface area contributed by atoms with Crippen LogP contribution in [-0.2, 0) is 0 Å². The van der Waals surface area contributed by atoms with Crippen molar-refractivity contribution in [2.75, 3.05) is 0 Å². The van der Waals surface area contributed by atoms with E-state index in [0.717, 1.165) is 24.2 Å². The fourth-order valence-corrected chi connectivity index (χ4v) is 3.45. The largest absolute Gasteiger partial charge is 0.508 e. The lowest BCUT2D eigenvalue weighted by atomic mass is 9.68. The molecule has 1 N–H and O–H groups in total. The molecule has 3 rings (SSSR count). The molecule has 2 heteroatoms. The van der Waals surface area contributed by atoms with Crippen LogP contribution in [-0.4, -0.2) is 10.7 Å². The molecule has 0 saturated heterocycles. The van der Waals surface area contributed by atoms with Crippen molar-refractivity contribution in [2.24, 2.45) is 5.92 Å². The van der Waals surface area contributed by atoms with Crippen LogP contribution in [0.5, 0.6) is 11.5 Å². The van der Waals surface area contributed by atoms with Gasteiger partial charge in [0.05, 0.1) is 0 Å². The van der Waals surface area contributed by atoms with Gasteiger partial charge in [0.25, 0.3) is 0 Å². The first-order valence-corrected chi connectivity index (χ1v) is 6.67. The van der Waals surface area contributed by atoms with Crippen molar-refractivity contribution in [3.8, 4) is 11.5 Å². The van der Waals surface area contributed by atoms with Crippen LogP contribution in [0.2, 0.25) is 0 Å². The molecule has 0 saturated carbocycles. The van der Waals surface area contributed by atoms with E-state index in [0.29, 0.717) is 17.6 Å². The van der Waals surface area contributed by atoms with E-state index in [4.69, 9.17) is 4.74 Å². The van der Waals surface area contributed by atoms with Crippen LogP contribution < -0.4 is 4.74 Å². The summed E-state index contributed by atoms with van der Waals surface area (Å²) in [4.78, 5) is 0. The average Bonchev–Trinajstić information content (AvgIpc) is 2.27. The summed E-state index contributed by atoms with van der Waals surface area (Å²) in [5.41, 5.74) is 2.23. The maximum atomic E-state index is 10.1. The number of hydrogen-bond donors (Lipinski definition) is 1. The minimum Gasteiger partial charge on any atom is -0.508 e. The molecule has 2 atom stereocenters. The molecule has 0 bridgehead atoms. The van der Waals surface area contributed by atoms with Gasteiger partial charge >= 0.3 is 0 Å². The van der Waals surface area contributed by atoms with E-state index in [-0.39, 0.29) is 5.60 Å². The highest BCUT2D eigenvalue weighted by Crippen LogP contribution is 2.52. The molecule has 1 heterocycles. The Morgan fingerprint density at radius 2 is 2.11 bits per heavy atom. The first-order valence-electron chi connectivity index (χ1n) is 6.67. The third-order valence-electron chi connectivity index (χ3n) is 4.39. The highest BCUT2D eigenvalue weighted by atomic mass is 16.5. The third-order valence-corrected chi connectivity index (χ3v) is 4.39. The summed E-state index contributed by atoms with van der Waals surface area (Å²) >= 11 is 0. The van der Waals surface area contributed by atoms with Crippen LogP contribution >= 0.6 is 0 Å². The van der Waals surface area contributed by atoms with Crippen LogP contribution in [0.25, 0.3) is 0 Å². The number of aromatic hydroxyl groups is 1. The summed E-state index contributed by atoms with van der Waals surface area (Å²) in [5, 5.41) is 10.1. The lowest BCUT2D eigenvalue weighted by Crippen LogP contribution is -2.45. The Kier molecular flexibility index (Phi) is 2.44. The van der Waals surface area contributed by atoms with Gasteiger partial charge in [0.15, 0.2) is 0 Å². The normalized spacial score (nSPS) is 28.7. The fraction of sp³-hybridized carbons (Fsp3) is 0.500. The standard InChI is InChI=1S/C16H20O2/c1-10-7-8-12-11(9-10)15-13(17)5-4-6-14(15)18-16(12,2)3/h4-6,9,11-12,17H,7-8H2,1-3H3/t11-,12?/m1/s1. The van der Waals surface area contributed by atoms with Gasteiger partial charge in [-0.05, 0) is 45.7 Å². The quantitative estimate of drug-likeness (QED) is 0.699. The molecule has 0 aromatic heterocycles. The molecule has 1 aliphatic carbocycles. The topological polar surface area (TPSA) is 29.5 Å². The second kappa shape index (κ2) is 3.78. The van der Waals surface area contributed by atoms with Gasteiger partial charge in [0, 0.05) is 17.4 Å². The van der Waals surface area contributed by atoms with Gasteiger partial charge in [-0.25, -0.2) is 0 Å². The fourth-order valence-electron chi connectivity index (χ4n) is 3.45.